The van der Waals surface area contributed by atoms with Crippen LogP contribution in [0.1, 0.15) is 38.6 Å². The van der Waals surface area contributed by atoms with Gasteiger partial charge in [0, 0.05) is 69.7 Å². The zero-order chi connectivity index (χ0) is 30.7. The molecule has 6 heterocycles. The van der Waals surface area contributed by atoms with Crippen LogP contribution in [0.2, 0.25) is 0 Å². The van der Waals surface area contributed by atoms with Gasteiger partial charge in [-0.2, -0.15) is 23.3 Å². The number of nitrogens with one attached hydrogen (secondary N) is 1. The minimum Gasteiger partial charge on any atom is -0.364 e. The van der Waals surface area contributed by atoms with E-state index in [2.05, 4.69) is 32.4 Å². The fraction of sp³-hybridized carbons (Fsp3) is 0.621. The van der Waals surface area contributed by atoms with E-state index in [0.29, 0.717) is 43.5 Å². The van der Waals surface area contributed by atoms with Crippen molar-refractivity contribution < 1.29 is 22.8 Å². The lowest BCUT2D eigenvalue weighted by atomic mass is 9.73. The Morgan fingerprint density at radius 1 is 1.07 bits per heavy atom. The summed E-state index contributed by atoms with van der Waals surface area (Å²) in [7, 11) is 2.05. The van der Waals surface area contributed by atoms with Crippen LogP contribution in [0.4, 0.5) is 30.5 Å². The first kappa shape index (κ1) is 28.9. The van der Waals surface area contributed by atoms with Crippen LogP contribution >= 0.6 is 0 Å². The van der Waals surface area contributed by atoms with E-state index in [1.54, 1.807) is 21.6 Å². The number of pyridine rings is 1. The summed E-state index contributed by atoms with van der Waals surface area (Å²) in [5, 5.41) is 12.2. The summed E-state index contributed by atoms with van der Waals surface area (Å²) < 4.78 is 42.4. The van der Waals surface area contributed by atoms with Gasteiger partial charge < -0.3 is 24.9 Å². The van der Waals surface area contributed by atoms with Crippen molar-refractivity contribution in [2.24, 2.45) is 11.8 Å². The fourth-order valence-electron chi connectivity index (χ4n) is 7.10. The maximum atomic E-state index is 13.2. The highest BCUT2D eigenvalue weighted by molar-refractivity contribution is 5.82. The monoisotopic (exact) mass is 614 g/mol. The number of fused-ring (bicyclic) bond motifs is 3. The fourth-order valence-corrected chi connectivity index (χ4v) is 7.10. The second kappa shape index (κ2) is 10.9. The summed E-state index contributed by atoms with van der Waals surface area (Å²) in [5.74, 6) is -1.58. The molecule has 3 aromatic rings. The second-order valence-electron chi connectivity index (χ2n) is 12.7. The Morgan fingerprint density at radius 2 is 1.77 bits per heavy atom. The van der Waals surface area contributed by atoms with Crippen molar-refractivity contribution in [1.29, 1.82) is 0 Å². The third-order valence-electron chi connectivity index (χ3n) is 9.80. The van der Waals surface area contributed by atoms with Crippen LogP contribution in [0.25, 0.3) is 5.65 Å². The quantitative estimate of drug-likeness (QED) is 0.452. The van der Waals surface area contributed by atoms with Gasteiger partial charge in [-0.05, 0) is 51.8 Å². The number of aromatic nitrogens is 5. The number of nitrogens with zero attached hydrogens (tertiary/aromatic N) is 9. The van der Waals surface area contributed by atoms with Crippen LogP contribution in [0.3, 0.4) is 0 Å². The van der Waals surface area contributed by atoms with Gasteiger partial charge >= 0.3 is 6.18 Å². The van der Waals surface area contributed by atoms with Crippen molar-refractivity contribution in [3.63, 3.8) is 0 Å². The van der Waals surface area contributed by atoms with Gasteiger partial charge in [0.25, 0.3) is 0 Å². The van der Waals surface area contributed by atoms with E-state index in [4.69, 9.17) is 4.98 Å². The highest BCUT2D eigenvalue weighted by Crippen LogP contribution is 2.47. The molecule has 3 unspecified atom stereocenters. The number of hydrogen-bond donors (Lipinski definition) is 1. The van der Waals surface area contributed by atoms with Crippen molar-refractivity contribution in [1.82, 2.24) is 39.1 Å². The number of alkyl halides is 3. The molecule has 0 aromatic carbocycles. The molecule has 1 aliphatic carbocycles. The van der Waals surface area contributed by atoms with Gasteiger partial charge in [0.05, 0.1) is 23.5 Å². The summed E-state index contributed by atoms with van der Waals surface area (Å²) >= 11 is 0. The number of hydrogen-bond acceptors (Lipinski definition) is 8. The number of rotatable bonds is 6. The molecule has 2 amide bonds. The summed E-state index contributed by atoms with van der Waals surface area (Å²) in [6.45, 7) is 6.15. The highest BCUT2D eigenvalue weighted by atomic mass is 19.4. The molecule has 3 aromatic heterocycles. The molecule has 236 valence electrons. The lowest BCUT2D eigenvalue weighted by Gasteiger charge is -2.45. The van der Waals surface area contributed by atoms with E-state index in [-0.39, 0.29) is 36.7 Å². The van der Waals surface area contributed by atoms with Crippen molar-refractivity contribution in [3.8, 4) is 0 Å². The molecule has 7 rings (SSSR count). The van der Waals surface area contributed by atoms with Crippen LogP contribution in [-0.2, 0) is 9.59 Å². The number of halogens is 3. The standard InChI is InChI=1S/C29H37F3N10O2/c1-18(26(43)38-10-8-37(2)9-11-38)41-15-21(14-33-41)34-28-35-25-24(4-3-7-40(25)36-28)39-16-22-5-6-23(17-39)42(22)27(44)19-12-20(13-19)29(30,31)32/h3-4,7,14-15,18-20,22-23H,5-6,8-13,16-17H2,1-2H3,(H,34,36). The Bertz CT molecular complexity index is 1530. The van der Waals surface area contributed by atoms with E-state index in [0.717, 1.165) is 31.6 Å². The summed E-state index contributed by atoms with van der Waals surface area (Å²) in [4.78, 5) is 39.1. The molecule has 15 heteroatoms. The molecular formula is C29H37F3N10O2. The van der Waals surface area contributed by atoms with E-state index in [1.807, 2.05) is 35.1 Å². The van der Waals surface area contributed by atoms with Gasteiger partial charge in [0.2, 0.25) is 17.8 Å². The van der Waals surface area contributed by atoms with Crippen LogP contribution < -0.4 is 10.2 Å². The zero-order valence-corrected chi connectivity index (χ0v) is 24.8. The molecule has 3 saturated heterocycles. The van der Waals surface area contributed by atoms with E-state index < -0.39 is 24.1 Å². The molecule has 2 bridgehead atoms. The summed E-state index contributed by atoms with van der Waals surface area (Å²) in [6.07, 6.45) is 2.50. The van der Waals surface area contributed by atoms with Crippen molar-refractivity contribution in [2.75, 3.05) is 56.5 Å². The van der Waals surface area contributed by atoms with Gasteiger partial charge in [-0.15, -0.1) is 5.10 Å². The van der Waals surface area contributed by atoms with Gasteiger partial charge in [0.15, 0.2) is 5.65 Å². The summed E-state index contributed by atoms with van der Waals surface area (Å²) in [6, 6.07) is 3.37. The predicted octanol–water partition coefficient (Wildman–Crippen LogP) is 2.77. The van der Waals surface area contributed by atoms with E-state index in [9.17, 15) is 22.8 Å². The normalized spacial score (nSPS) is 26.6. The molecule has 4 fully saturated rings. The minimum atomic E-state index is -4.22. The molecule has 0 radical (unpaired) electrons. The molecule has 1 saturated carbocycles. The van der Waals surface area contributed by atoms with Gasteiger partial charge in [-0.3, -0.25) is 14.3 Å². The van der Waals surface area contributed by atoms with Crippen LogP contribution in [0, 0.1) is 11.8 Å². The highest BCUT2D eigenvalue weighted by Gasteiger charge is 2.53. The Morgan fingerprint density at radius 3 is 2.45 bits per heavy atom. The average molecular weight is 615 g/mol. The van der Waals surface area contributed by atoms with E-state index >= 15 is 0 Å². The van der Waals surface area contributed by atoms with Crippen LogP contribution in [-0.4, -0.2) is 115 Å². The molecular weight excluding hydrogens is 577 g/mol. The van der Waals surface area contributed by atoms with Crippen molar-refractivity contribution in [3.05, 3.63) is 30.7 Å². The average Bonchev–Trinajstić information content (AvgIpc) is 3.66. The summed E-state index contributed by atoms with van der Waals surface area (Å²) in [5.41, 5.74) is 2.21. The largest absolute Gasteiger partial charge is 0.391 e. The molecule has 4 aliphatic rings. The van der Waals surface area contributed by atoms with Crippen LogP contribution in [0.15, 0.2) is 30.7 Å². The predicted molar refractivity (Wildman–Crippen MR) is 155 cm³/mol. The van der Waals surface area contributed by atoms with Gasteiger partial charge in [0.1, 0.15) is 6.04 Å². The van der Waals surface area contributed by atoms with Crippen molar-refractivity contribution >= 4 is 34.8 Å². The first-order valence-electron chi connectivity index (χ1n) is 15.3. The number of likely N-dealkylation sites (N-methyl/N-ethyl adjacent to an activating group) is 1. The third-order valence-corrected chi connectivity index (χ3v) is 9.80. The topological polar surface area (TPSA) is 107 Å². The zero-order valence-electron chi connectivity index (χ0n) is 24.8. The molecule has 0 spiro atoms. The lowest BCUT2D eigenvalue weighted by molar-refractivity contribution is -0.207. The first-order chi connectivity index (χ1) is 21.0. The number of amides is 2. The number of anilines is 3. The van der Waals surface area contributed by atoms with Gasteiger partial charge in [-0.25, -0.2) is 4.52 Å². The maximum Gasteiger partial charge on any atom is 0.391 e. The van der Waals surface area contributed by atoms with Crippen LogP contribution in [0.5, 0.6) is 0 Å². The van der Waals surface area contributed by atoms with E-state index in [1.165, 1.54) is 0 Å². The minimum absolute atomic E-state index is 0.0339. The Labute approximate surface area is 252 Å². The van der Waals surface area contributed by atoms with Gasteiger partial charge in [-0.1, -0.05) is 0 Å². The molecule has 3 atom stereocenters. The molecule has 12 nitrogen and oxygen atoms in total. The second-order valence-corrected chi connectivity index (χ2v) is 12.7. The van der Waals surface area contributed by atoms with Crippen molar-refractivity contribution in [2.45, 2.75) is 56.9 Å². The number of carbonyl (C=O) groups is 2. The Balaban J connectivity index is 1.01. The number of carbonyl (C=O) groups excluding carboxylic acids is 2. The smallest absolute Gasteiger partial charge is 0.364 e. The lowest BCUT2D eigenvalue weighted by Crippen LogP contribution is -2.58. The molecule has 44 heavy (non-hydrogen) atoms. The number of piperazine rings is 2. The maximum absolute atomic E-state index is 13.2. The third kappa shape index (κ3) is 5.24. The Kier molecular flexibility index (Phi) is 7.17. The Hall–Kier alpha value is -3.88. The molecule has 1 N–H and O–H groups in total. The molecule has 3 aliphatic heterocycles. The first-order valence-corrected chi connectivity index (χ1v) is 15.3. The SMILES string of the molecule is CC(C(=O)N1CCN(C)CC1)n1cc(Nc2nc3c(N4CC5CCC(C4)N5C(=O)C4CC(C(F)(F)F)C4)cccn3n2)cn1.